The third-order valence-corrected chi connectivity index (χ3v) is 5.97. The molecule has 0 aromatic carbocycles. The molecule has 0 bridgehead atoms. The van der Waals surface area contributed by atoms with Crippen molar-refractivity contribution in [2.24, 2.45) is 5.73 Å². The summed E-state index contributed by atoms with van der Waals surface area (Å²) >= 11 is 0. The molecule has 2 aromatic heterocycles. The second kappa shape index (κ2) is 11.2. The zero-order valence-electron chi connectivity index (χ0n) is 19.6. The third-order valence-electron chi connectivity index (χ3n) is 5.97. The van der Waals surface area contributed by atoms with Crippen molar-refractivity contribution in [2.45, 2.75) is 25.6 Å². The van der Waals surface area contributed by atoms with Crippen molar-refractivity contribution >= 4 is 23.8 Å². The maximum absolute atomic E-state index is 13.3. The molecular formula is C23H26F3N7O3. The van der Waals surface area contributed by atoms with E-state index in [2.05, 4.69) is 4.98 Å². The number of halogens is 3. The molecule has 1 aliphatic heterocycles. The summed E-state index contributed by atoms with van der Waals surface area (Å²) in [5.41, 5.74) is 3.45. The number of amides is 2. The van der Waals surface area contributed by atoms with E-state index in [-0.39, 0.29) is 31.2 Å². The van der Waals surface area contributed by atoms with E-state index in [1.54, 1.807) is 24.0 Å². The van der Waals surface area contributed by atoms with Crippen molar-refractivity contribution in [3.63, 3.8) is 0 Å². The number of hydrogen-bond donors (Lipinski definition) is 2. The van der Waals surface area contributed by atoms with Gasteiger partial charge in [-0.3, -0.25) is 9.59 Å². The highest BCUT2D eigenvalue weighted by Gasteiger charge is 2.39. The van der Waals surface area contributed by atoms with E-state index in [9.17, 15) is 22.8 Å². The largest absolute Gasteiger partial charge is 0.418 e. The number of alkyl halides is 3. The lowest BCUT2D eigenvalue weighted by atomic mass is 10.1. The highest BCUT2D eigenvalue weighted by molar-refractivity contribution is 6.02. The molecule has 1 aliphatic rings. The van der Waals surface area contributed by atoms with Crippen molar-refractivity contribution in [3.05, 3.63) is 46.9 Å². The van der Waals surface area contributed by atoms with Gasteiger partial charge in [0.15, 0.2) is 0 Å². The van der Waals surface area contributed by atoms with Crippen LogP contribution in [0.2, 0.25) is 0 Å². The summed E-state index contributed by atoms with van der Waals surface area (Å²) in [5, 5.41) is 16.3. The Morgan fingerprint density at radius 1 is 1.31 bits per heavy atom. The number of anilines is 1. The van der Waals surface area contributed by atoms with Crippen LogP contribution in [0.15, 0.2) is 24.5 Å². The summed E-state index contributed by atoms with van der Waals surface area (Å²) < 4.78 is 46.7. The van der Waals surface area contributed by atoms with Crippen LogP contribution in [-0.4, -0.2) is 71.9 Å². The molecule has 2 aromatic rings. The van der Waals surface area contributed by atoms with Crippen molar-refractivity contribution in [1.82, 2.24) is 14.5 Å². The van der Waals surface area contributed by atoms with E-state index < -0.39 is 29.3 Å². The van der Waals surface area contributed by atoms with Crippen LogP contribution in [0.25, 0.3) is 0 Å². The number of piperazine rings is 1. The Morgan fingerprint density at radius 3 is 2.53 bits per heavy atom. The van der Waals surface area contributed by atoms with Gasteiger partial charge in [-0.15, -0.1) is 0 Å². The number of hydrogen-bond acceptors (Lipinski definition) is 7. The van der Waals surface area contributed by atoms with Gasteiger partial charge >= 0.3 is 6.18 Å². The third kappa shape index (κ3) is 6.01. The monoisotopic (exact) mass is 505 g/mol. The number of nitriles is 1. The Balaban J connectivity index is 1.49. The van der Waals surface area contributed by atoms with Crippen molar-refractivity contribution in [1.29, 1.82) is 10.7 Å². The molecule has 36 heavy (non-hydrogen) atoms. The molecule has 13 heteroatoms. The van der Waals surface area contributed by atoms with E-state index in [1.165, 1.54) is 10.8 Å². The van der Waals surface area contributed by atoms with Crippen LogP contribution in [0.3, 0.4) is 0 Å². The number of carbonyl (C=O) groups is 2. The van der Waals surface area contributed by atoms with Crippen molar-refractivity contribution < 1.29 is 27.5 Å². The van der Waals surface area contributed by atoms with Crippen LogP contribution in [0.4, 0.5) is 19.0 Å². The number of aromatic nitrogens is 2. The molecule has 0 radical (unpaired) electrons. The topological polar surface area (TPSA) is 141 Å². The van der Waals surface area contributed by atoms with Crippen molar-refractivity contribution in [2.75, 3.05) is 44.3 Å². The molecule has 192 valence electrons. The van der Waals surface area contributed by atoms with Gasteiger partial charge in [0.2, 0.25) is 5.91 Å². The van der Waals surface area contributed by atoms with Gasteiger partial charge < -0.3 is 30.2 Å². The molecule has 0 aliphatic carbocycles. The molecule has 3 N–H and O–H groups in total. The van der Waals surface area contributed by atoms with Crippen LogP contribution < -0.4 is 10.6 Å². The Bertz CT molecular complexity index is 1150. The molecule has 1 saturated heterocycles. The molecule has 1 unspecified atom stereocenters. The molecule has 2 amide bonds. The summed E-state index contributed by atoms with van der Waals surface area (Å²) in [7, 11) is 0. The van der Waals surface area contributed by atoms with Gasteiger partial charge in [-0.2, -0.15) is 18.4 Å². The number of pyridine rings is 1. The standard InChI is InChI=1S/C23H26F3N7O3/c1-15(33-13-17(23(24,25)26)21(22(29)35)18(33)11-28)4-9-36-14-20(34)32-7-5-31(6-8-32)19-3-2-16(10-27)12-30-19/h2-3,11-13,15,28H,4-9,14H2,1H3,(H2,29,35). The molecule has 3 heterocycles. The van der Waals surface area contributed by atoms with E-state index in [4.69, 9.17) is 21.1 Å². The van der Waals surface area contributed by atoms with Gasteiger partial charge in [0.05, 0.1) is 22.4 Å². The molecule has 3 rings (SSSR count). The first-order chi connectivity index (χ1) is 17.1. The zero-order valence-corrected chi connectivity index (χ0v) is 19.6. The minimum atomic E-state index is -4.80. The molecule has 10 nitrogen and oxygen atoms in total. The fourth-order valence-electron chi connectivity index (χ4n) is 3.99. The van der Waals surface area contributed by atoms with Crippen LogP contribution in [-0.2, 0) is 15.7 Å². The molecule has 0 saturated carbocycles. The van der Waals surface area contributed by atoms with E-state index in [0.29, 0.717) is 38.0 Å². The maximum atomic E-state index is 13.3. The van der Waals surface area contributed by atoms with Crippen LogP contribution >= 0.6 is 0 Å². The first kappa shape index (κ1) is 26.7. The van der Waals surface area contributed by atoms with E-state index >= 15 is 0 Å². The molecule has 1 atom stereocenters. The van der Waals surface area contributed by atoms with Gasteiger partial charge in [0.25, 0.3) is 5.91 Å². The minimum absolute atomic E-state index is 0.0882. The fraction of sp³-hybridized carbons (Fsp3) is 0.435. The smallest absolute Gasteiger partial charge is 0.372 e. The molecule has 0 spiro atoms. The molecule has 1 fully saturated rings. The average Bonchev–Trinajstić information content (AvgIpc) is 3.27. The highest BCUT2D eigenvalue weighted by atomic mass is 19.4. The van der Waals surface area contributed by atoms with Crippen LogP contribution in [0.1, 0.15) is 46.6 Å². The lowest BCUT2D eigenvalue weighted by molar-refractivity contribution is -0.138. The highest BCUT2D eigenvalue weighted by Crippen LogP contribution is 2.35. The number of ether oxygens (including phenoxy) is 1. The second-order valence-electron chi connectivity index (χ2n) is 8.29. The lowest BCUT2D eigenvalue weighted by Crippen LogP contribution is -2.50. The summed E-state index contributed by atoms with van der Waals surface area (Å²) in [4.78, 5) is 32.0. The lowest BCUT2D eigenvalue weighted by Gasteiger charge is -2.35. The van der Waals surface area contributed by atoms with Gasteiger partial charge in [0, 0.05) is 57.4 Å². The summed E-state index contributed by atoms with van der Waals surface area (Å²) in [6.07, 6.45) is -1.60. The Kier molecular flexibility index (Phi) is 8.31. The number of nitrogens with two attached hydrogens (primary N) is 1. The predicted molar refractivity (Wildman–Crippen MR) is 124 cm³/mol. The number of carbonyl (C=O) groups excluding carboxylic acids is 2. The fourth-order valence-corrected chi connectivity index (χ4v) is 3.99. The normalized spacial score (nSPS) is 14.9. The van der Waals surface area contributed by atoms with Crippen LogP contribution in [0, 0.1) is 16.7 Å². The van der Waals surface area contributed by atoms with Crippen molar-refractivity contribution in [3.8, 4) is 6.07 Å². The van der Waals surface area contributed by atoms with E-state index in [0.717, 1.165) is 12.0 Å². The van der Waals surface area contributed by atoms with Gasteiger partial charge in [-0.05, 0) is 25.5 Å². The molecular weight excluding hydrogens is 479 g/mol. The number of rotatable bonds is 9. The van der Waals surface area contributed by atoms with Gasteiger partial charge in [-0.1, -0.05) is 0 Å². The van der Waals surface area contributed by atoms with Gasteiger partial charge in [-0.25, -0.2) is 4.98 Å². The number of nitrogens with zero attached hydrogens (tertiary/aromatic N) is 5. The average molecular weight is 506 g/mol. The van der Waals surface area contributed by atoms with Crippen LogP contribution in [0.5, 0.6) is 0 Å². The maximum Gasteiger partial charge on any atom is 0.418 e. The second-order valence-corrected chi connectivity index (χ2v) is 8.29. The number of nitrogens with one attached hydrogen (secondary N) is 1. The summed E-state index contributed by atoms with van der Waals surface area (Å²) in [6, 6.07) is 4.92. The zero-order chi connectivity index (χ0) is 26.5. The number of primary amides is 1. The first-order valence-corrected chi connectivity index (χ1v) is 11.2. The minimum Gasteiger partial charge on any atom is -0.372 e. The Hall–Kier alpha value is -3.92. The summed E-state index contributed by atoms with van der Waals surface area (Å²) in [5.74, 6) is -0.732. The quantitative estimate of drug-likeness (QED) is 0.395. The van der Waals surface area contributed by atoms with Gasteiger partial charge in [0.1, 0.15) is 18.5 Å². The first-order valence-electron chi connectivity index (χ1n) is 11.2. The van der Waals surface area contributed by atoms with E-state index in [1.807, 2.05) is 11.0 Å². The summed E-state index contributed by atoms with van der Waals surface area (Å²) in [6.45, 7) is 3.64. The Labute approximate surface area is 205 Å². The predicted octanol–water partition coefficient (Wildman–Crippen LogP) is 2.19. The SMILES string of the molecule is CC(CCOCC(=O)N1CCN(c2ccc(C#N)cn2)CC1)n1cc(C(F)(F)F)c(C(N)=O)c1C=N. The Morgan fingerprint density at radius 2 is 2.00 bits per heavy atom.